The van der Waals surface area contributed by atoms with Crippen LogP contribution >= 0.6 is 0 Å². The summed E-state index contributed by atoms with van der Waals surface area (Å²) in [6, 6.07) is 15.2. The Balaban J connectivity index is 1.87. The quantitative estimate of drug-likeness (QED) is 0.892. The Bertz CT molecular complexity index is 676. The van der Waals surface area contributed by atoms with Crippen LogP contribution in [0.4, 0.5) is 0 Å². The van der Waals surface area contributed by atoms with Gasteiger partial charge in [-0.15, -0.1) is 0 Å². The van der Waals surface area contributed by atoms with E-state index >= 15 is 0 Å². The van der Waals surface area contributed by atoms with E-state index in [1.165, 1.54) is 0 Å². The van der Waals surface area contributed by atoms with Gasteiger partial charge in [-0.05, 0) is 38.5 Å². The van der Waals surface area contributed by atoms with Crippen molar-refractivity contribution >= 4 is 11.8 Å². The van der Waals surface area contributed by atoms with Gasteiger partial charge in [0.2, 0.25) is 5.91 Å². The van der Waals surface area contributed by atoms with Gasteiger partial charge in [0.25, 0.3) is 5.91 Å². The van der Waals surface area contributed by atoms with Crippen LogP contribution in [-0.2, 0) is 4.79 Å². The predicted octanol–water partition coefficient (Wildman–Crippen LogP) is 2.91. The van der Waals surface area contributed by atoms with Gasteiger partial charge in [0.1, 0.15) is 0 Å². The second-order valence-electron chi connectivity index (χ2n) is 5.76. The molecule has 0 aromatic heterocycles. The van der Waals surface area contributed by atoms with E-state index < -0.39 is 0 Å². The molecule has 4 heteroatoms. The minimum absolute atomic E-state index is 0.0387. The maximum atomic E-state index is 12.1. The van der Waals surface area contributed by atoms with Gasteiger partial charge in [0.05, 0.1) is 12.6 Å². The maximum Gasteiger partial charge on any atom is 0.251 e. The Labute approximate surface area is 136 Å². The molecule has 0 saturated carbocycles. The molecule has 0 aliphatic carbocycles. The zero-order valence-corrected chi connectivity index (χ0v) is 13.7. The topological polar surface area (TPSA) is 58.2 Å². The SMILES string of the molecule is Cc1cc(C)cc(C(=O)NCC(=O)N[C@@H](C)c2ccccc2)c1. The van der Waals surface area contributed by atoms with Crippen molar-refractivity contribution in [2.75, 3.05) is 6.54 Å². The van der Waals surface area contributed by atoms with Crippen LogP contribution in [0, 0.1) is 13.8 Å². The van der Waals surface area contributed by atoms with Gasteiger partial charge in [-0.25, -0.2) is 0 Å². The molecule has 0 spiro atoms. The van der Waals surface area contributed by atoms with Gasteiger partial charge >= 0.3 is 0 Å². The maximum absolute atomic E-state index is 12.1. The van der Waals surface area contributed by atoms with Crippen molar-refractivity contribution < 1.29 is 9.59 Å². The Morgan fingerprint density at radius 3 is 2.22 bits per heavy atom. The first-order valence-electron chi connectivity index (χ1n) is 7.66. The number of hydrogen-bond acceptors (Lipinski definition) is 2. The Morgan fingerprint density at radius 1 is 1.00 bits per heavy atom. The van der Waals surface area contributed by atoms with Gasteiger partial charge in [-0.1, -0.05) is 47.5 Å². The van der Waals surface area contributed by atoms with Crippen molar-refractivity contribution in [1.29, 1.82) is 0 Å². The largest absolute Gasteiger partial charge is 0.348 e. The van der Waals surface area contributed by atoms with Crippen molar-refractivity contribution in [1.82, 2.24) is 10.6 Å². The molecular formula is C19H22N2O2. The first kappa shape index (κ1) is 16.7. The molecule has 0 saturated heterocycles. The molecular weight excluding hydrogens is 288 g/mol. The average Bonchev–Trinajstić information content (AvgIpc) is 2.52. The number of hydrogen-bond donors (Lipinski definition) is 2. The van der Waals surface area contributed by atoms with Gasteiger partial charge < -0.3 is 10.6 Å². The molecule has 4 nitrogen and oxygen atoms in total. The molecule has 0 fully saturated rings. The normalized spacial score (nSPS) is 11.6. The highest BCUT2D eigenvalue weighted by atomic mass is 16.2. The molecule has 0 aliphatic rings. The van der Waals surface area contributed by atoms with E-state index in [0.717, 1.165) is 16.7 Å². The van der Waals surface area contributed by atoms with Gasteiger partial charge in [-0.2, -0.15) is 0 Å². The Kier molecular flexibility index (Phi) is 5.52. The summed E-state index contributed by atoms with van der Waals surface area (Å²) in [5.74, 6) is -0.446. The summed E-state index contributed by atoms with van der Waals surface area (Å²) in [6.07, 6.45) is 0. The standard InChI is InChI=1S/C19H22N2O2/c1-13-9-14(2)11-17(10-13)19(23)20-12-18(22)21-15(3)16-7-5-4-6-8-16/h4-11,15H,12H2,1-3H3,(H,20,23)(H,21,22)/t15-/m0/s1. The lowest BCUT2D eigenvalue weighted by Crippen LogP contribution is -2.38. The van der Waals surface area contributed by atoms with Crippen molar-refractivity contribution in [3.63, 3.8) is 0 Å². The van der Waals surface area contributed by atoms with Crippen LogP contribution in [-0.4, -0.2) is 18.4 Å². The third kappa shape index (κ3) is 4.95. The lowest BCUT2D eigenvalue weighted by Gasteiger charge is -2.14. The second kappa shape index (κ2) is 7.58. The molecule has 2 aromatic carbocycles. The number of nitrogens with one attached hydrogen (secondary N) is 2. The molecule has 0 radical (unpaired) electrons. The van der Waals surface area contributed by atoms with E-state index in [9.17, 15) is 9.59 Å². The van der Waals surface area contributed by atoms with Crippen molar-refractivity contribution in [3.8, 4) is 0 Å². The van der Waals surface area contributed by atoms with Crippen LogP contribution in [0.3, 0.4) is 0 Å². The van der Waals surface area contributed by atoms with Crippen LogP contribution in [0.1, 0.15) is 40.0 Å². The fourth-order valence-electron chi connectivity index (χ4n) is 2.49. The number of benzene rings is 2. The number of carbonyl (C=O) groups is 2. The van der Waals surface area contributed by atoms with Gasteiger partial charge in [0, 0.05) is 5.56 Å². The third-order valence-electron chi connectivity index (χ3n) is 3.57. The molecule has 120 valence electrons. The Hall–Kier alpha value is -2.62. The van der Waals surface area contributed by atoms with E-state index in [1.807, 2.05) is 69.3 Å². The van der Waals surface area contributed by atoms with Crippen LogP contribution in [0.25, 0.3) is 0 Å². The van der Waals surface area contributed by atoms with Crippen molar-refractivity contribution in [2.24, 2.45) is 0 Å². The highest BCUT2D eigenvalue weighted by molar-refractivity contribution is 5.96. The van der Waals surface area contributed by atoms with Gasteiger partial charge in [0.15, 0.2) is 0 Å². The molecule has 2 rings (SSSR count). The van der Waals surface area contributed by atoms with Crippen molar-refractivity contribution in [2.45, 2.75) is 26.8 Å². The summed E-state index contributed by atoms with van der Waals surface area (Å²) in [6.45, 7) is 5.76. The summed E-state index contributed by atoms with van der Waals surface area (Å²) in [5, 5.41) is 5.53. The molecule has 0 unspecified atom stereocenters. The molecule has 2 amide bonds. The van der Waals surface area contributed by atoms with E-state index in [1.54, 1.807) is 0 Å². The first-order valence-corrected chi connectivity index (χ1v) is 7.66. The number of amides is 2. The van der Waals surface area contributed by atoms with Crippen LogP contribution in [0.2, 0.25) is 0 Å². The smallest absolute Gasteiger partial charge is 0.251 e. The van der Waals surface area contributed by atoms with E-state index in [-0.39, 0.29) is 24.4 Å². The number of aryl methyl sites for hydroxylation is 2. The molecule has 2 aromatic rings. The lowest BCUT2D eigenvalue weighted by atomic mass is 10.1. The lowest BCUT2D eigenvalue weighted by molar-refractivity contribution is -0.120. The highest BCUT2D eigenvalue weighted by Crippen LogP contribution is 2.11. The zero-order chi connectivity index (χ0) is 16.8. The Morgan fingerprint density at radius 2 is 1.61 bits per heavy atom. The summed E-state index contributed by atoms with van der Waals surface area (Å²) < 4.78 is 0. The number of rotatable bonds is 5. The van der Waals surface area contributed by atoms with E-state index in [0.29, 0.717) is 5.56 Å². The molecule has 0 aliphatic heterocycles. The van der Waals surface area contributed by atoms with Crippen LogP contribution in [0.5, 0.6) is 0 Å². The minimum Gasteiger partial charge on any atom is -0.348 e. The summed E-state index contributed by atoms with van der Waals surface area (Å²) in [5.41, 5.74) is 3.66. The van der Waals surface area contributed by atoms with Crippen LogP contribution < -0.4 is 10.6 Å². The molecule has 23 heavy (non-hydrogen) atoms. The van der Waals surface area contributed by atoms with Crippen molar-refractivity contribution in [3.05, 3.63) is 70.8 Å². The monoisotopic (exact) mass is 310 g/mol. The molecule has 0 heterocycles. The summed E-state index contributed by atoms with van der Waals surface area (Å²) in [7, 11) is 0. The molecule has 1 atom stereocenters. The van der Waals surface area contributed by atoms with E-state index in [2.05, 4.69) is 10.6 Å². The highest BCUT2D eigenvalue weighted by Gasteiger charge is 2.11. The minimum atomic E-state index is -0.237. The molecule has 0 bridgehead atoms. The van der Waals surface area contributed by atoms with Gasteiger partial charge in [-0.3, -0.25) is 9.59 Å². The molecule has 2 N–H and O–H groups in total. The van der Waals surface area contributed by atoms with Crippen LogP contribution in [0.15, 0.2) is 48.5 Å². The number of carbonyl (C=O) groups excluding carboxylic acids is 2. The fraction of sp³-hybridized carbons (Fsp3) is 0.263. The summed E-state index contributed by atoms with van der Waals surface area (Å²) >= 11 is 0. The predicted molar refractivity (Wildman–Crippen MR) is 91.2 cm³/mol. The first-order chi connectivity index (χ1) is 11.0. The van der Waals surface area contributed by atoms with E-state index in [4.69, 9.17) is 0 Å². The zero-order valence-electron chi connectivity index (χ0n) is 13.7. The summed E-state index contributed by atoms with van der Waals surface area (Å²) in [4.78, 5) is 24.1. The third-order valence-corrected chi connectivity index (χ3v) is 3.57. The fourth-order valence-corrected chi connectivity index (χ4v) is 2.49. The average molecular weight is 310 g/mol. The second-order valence-corrected chi connectivity index (χ2v) is 5.76.